The monoisotopic (exact) mass is 358 g/mol. The van der Waals surface area contributed by atoms with E-state index in [1.165, 1.54) is 0 Å². The molecule has 1 aromatic heterocycles. The van der Waals surface area contributed by atoms with Crippen LogP contribution in [0.3, 0.4) is 0 Å². The summed E-state index contributed by atoms with van der Waals surface area (Å²) < 4.78 is 12.3. The first-order valence-electron chi connectivity index (χ1n) is 8.80. The highest BCUT2D eigenvalue weighted by molar-refractivity contribution is 5.98. The predicted molar refractivity (Wildman–Crippen MR) is 106 cm³/mol. The molecule has 134 valence electrons. The molecule has 5 rings (SSSR count). The summed E-state index contributed by atoms with van der Waals surface area (Å²) in [6.07, 6.45) is 0. The van der Waals surface area contributed by atoms with Crippen molar-refractivity contribution in [3.63, 3.8) is 0 Å². The van der Waals surface area contributed by atoms with Gasteiger partial charge in [-0.25, -0.2) is 4.98 Å². The van der Waals surface area contributed by atoms with E-state index >= 15 is 0 Å². The number of nitrogens with zero attached hydrogens (tertiary/aromatic N) is 2. The van der Waals surface area contributed by atoms with Gasteiger partial charge in [0.25, 0.3) is 0 Å². The summed E-state index contributed by atoms with van der Waals surface area (Å²) >= 11 is 0. The minimum Gasteiger partial charge on any atom is -0.492 e. The largest absolute Gasteiger partial charge is 0.492 e. The van der Waals surface area contributed by atoms with E-state index in [9.17, 15) is 0 Å². The average Bonchev–Trinajstić information content (AvgIpc) is 3.03. The summed E-state index contributed by atoms with van der Waals surface area (Å²) in [6, 6.07) is 16.0. The van der Waals surface area contributed by atoms with Crippen LogP contribution in [0, 0.1) is 0 Å². The number of benzene rings is 3. The number of fused-ring (bicyclic) bond motifs is 4. The molecule has 0 aliphatic carbocycles. The molecule has 4 aromatic rings. The highest BCUT2D eigenvalue weighted by Gasteiger charge is 2.29. The van der Waals surface area contributed by atoms with Gasteiger partial charge in [-0.2, -0.15) is 4.98 Å². The summed E-state index contributed by atoms with van der Waals surface area (Å²) in [5, 5.41) is 2.85. The van der Waals surface area contributed by atoms with Gasteiger partial charge in [0.2, 0.25) is 5.95 Å². The lowest BCUT2D eigenvalue weighted by atomic mass is 9.99. The highest BCUT2D eigenvalue weighted by Crippen LogP contribution is 2.48. The molecule has 0 amide bonds. The first-order chi connectivity index (χ1) is 13.1. The molecule has 0 radical (unpaired) electrons. The number of anilines is 2. The number of hydrogen-bond donors (Lipinski definition) is 2. The van der Waals surface area contributed by atoms with Crippen molar-refractivity contribution in [3.8, 4) is 17.2 Å². The number of aromatic nitrogens is 2. The zero-order valence-electron chi connectivity index (χ0n) is 14.8. The molecule has 0 spiro atoms. The second kappa shape index (κ2) is 5.74. The molecule has 27 heavy (non-hydrogen) atoms. The Kier molecular flexibility index (Phi) is 3.33. The van der Waals surface area contributed by atoms with Crippen LogP contribution >= 0.6 is 0 Å². The maximum absolute atomic E-state index is 6.37. The first-order valence-corrected chi connectivity index (χ1v) is 8.80. The van der Waals surface area contributed by atoms with Crippen molar-refractivity contribution >= 4 is 33.4 Å². The quantitative estimate of drug-likeness (QED) is 0.556. The van der Waals surface area contributed by atoms with Crippen molar-refractivity contribution in [2.24, 2.45) is 0 Å². The van der Waals surface area contributed by atoms with E-state index in [4.69, 9.17) is 20.9 Å². The van der Waals surface area contributed by atoms with E-state index in [0.717, 1.165) is 22.1 Å². The minimum absolute atomic E-state index is 0.127. The molecule has 1 aliphatic rings. The van der Waals surface area contributed by atoms with Crippen LogP contribution < -0.4 is 20.9 Å². The maximum Gasteiger partial charge on any atom is 0.222 e. The van der Waals surface area contributed by atoms with Gasteiger partial charge in [-0.1, -0.05) is 43.3 Å². The zero-order valence-corrected chi connectivity index (χ0v) is 14.8. The Morgan fingerprint density at radius 3 is 2.74 bits per heavy atom. The van der Waals surface area contributed by atoms with Gasteiger partial charge >= 0.3 is 0 Å². The molecule has 1 unspecified atom stereocenters. The average molecular weight is 358 g/mol. The Bertz CT molecular complexity index is 1200. The van der Waals surface area contributed by atoms with Crippen LogP contribution in [-0.2, 0) is 0 Å². The molecule has 3 aromatic carbocycles. The van der Waals surface area contributed by atoms with Crippen molar-refractivity contribution in [2.75, 3.05) is 18.1 Å². The molecule has 4 N–H and O–H groups in total. The Balaban J connectivity index is 1.75. The Labute approximate surface area is 155 Å². The van der Waals surface area contributed by atoms with Crippen LogP contribution in [0.1, 0.15) is 18.4 Å². The molecule has 0 saturated carbocycles. The molecule has 6 nitrogen and oxygen atoms in total. The summed E-state index contributed by atoms with van der Waals surface area (Å²) in [7, 11) is 0. The van der Waals surface area contributed by atoms with Crippen LogP contribution in [0.2, 0.25) is 0 Å². The Morgan fingerprint density at radius 2 is 1.85 bits per heavy atom. The number of hydrogen-bond acceptors (Lipinski definition) is 6. The normalized spacial score (nSPS) is 15.7. The fourth-order valence-corrected chi connectivity index (χ4v) is 3.70. The van der Waals surface area contributed by atoms with Crippen LogP contribution in [0.25, 0.3) is 21.7 Å². The summed E-state index contributed by atoms with van der Waals surface area (Å²) in [5.74, 6) is 2.79. The van der Waals surface area contributed by atoms with Crippen molar-refractivity contribution in [1.82, 2.24) is 9.97 Å². The van der Waals surface area contributed by atoms with Crippen LogP contribution in [-0.4, -0.2) is 16.6 Å². The molecule has 0 fully saturated rings. The maximum atomic E-state index is 6.37. The van der Waals surface area contributed by atoms with Crippen molar-refractivity contribution in [3.05, 3.63) is 54.1 Å². The van der Waals surface area contributed by atoms with Crippen molar-refractivity contribution < 1.29 is 9.47 Å². The topological polar surface area (TPSA) is 96.3 Å². The van der Waals surface area contributed by atoms with Gasteiger partial charge in [0, 0.05) is 22.9 Å². The fourth-order valence-electron chi connectivity index (χ4n) is 3.70. The number of rotatable bonds is 2. The molecule has 0 bridgehead atoms. The fraction of sp³-hybridized carbons (Fsp3) is 0.143. The van der Waals surface area contributed by atoms with Gasteiger partial charge in [-0.05, 0) is 11.5 Å². The molecule has 1 atom stereocenters. The van der Waals surface area contributed by atoms with Gasteiger partial charge in [0.05, 0.1) is 17.5 Å². The predicted octanol–water partition coefficient (Wildman–Crippen LogP) is 4.24. The van der Waals surface area contributed by atoms with Crippen LogP contribution in [0.15, 0.2) is 48.5 Å². The lowest BCUT2D eigenvalue weighted by Crippen LogP contribution is -2.02. The summed E-state index contributed by atoms with van der Waals surface area (Å²) in [4.78, 5) is 8.41. The van der Waals surface area contributed by atoms with Gasteiger partial charge in [0.15, 0.2) is 0 Å². The zero-order chi connectivity index (χ0) is 18.5. The lowest BCUT2D eigenvalue weighted by molar-refractivity contribution is 0.340. The second-order valence-corrected chi connectivity index (χ2v) is 6.77. The van der Waals surface area contributed by atoms with E-state index in [-0.39, 0.29) is 11.9 Å². The second-order valence-electron chi connectivity index (χ2n) is 6.77. The smallest absolute Gasteiger partial charge is 0.222 e. The lowest BCUT2D eigenvalue weighted by Gasteiger charge is -2.15. The van der Waals surface area contributed by atoms with Gasteiger partial charge < -0.3 is 20.9 Å². The van der Waals surface area contributed by atoms with E-state index in [1.54, 1.807) is 0 Å². The van der Waals surface area contributed by atoms with E-state index in [2.05, 4.69) is 29.0 Å². The third-order valence-corrected chi connectivity index (χ3v) is 4.93. The first kappa shape index (κ1) is 15.7. The van der Waals surface area contributed by atoms with Gasteiger partial charge in [-0.3, -0.25) is 0 Å². The van der Waals surface area contributed by atoms with E-state index in [1.807, 2.05) is 36.4 Å². The third-order valence-electron chi connectivity index (χ3n) is 4.93. The SMILES string of the molecule is CC1COc2c1c(Oc1cccc3ccccc13)cc1nc(N)nc(N)c21. The number of nitrogen functional groups attached to an aromatic ring is 2. The molecule has 0 saturated heterocycles. The Hall–Kier alpha value is -3.54. The van der Waals surface area contributed by atoms with Gasteiger partial charge in [0.1, 0.15) is 23.1 Å². The third kappa shape index (κ3) is 2.41. The number of nitrogens with two attached hydrogens (primary N) is 2. The van der Waals surface area contributed by atoms with Crippen LogP contribution in [0.5, 0.6) is 17.2 Å². The summed E-state index contributed by atoms with van der Waals surface area (Å²) in [5.41, 5.74) is 13.5. The van der Waals surface area contributed by atoms with Crippen molar-refractivity contribution in [1.29, 1.82) is 0 Å². The molecular formula is C21H18N4O2. The standard InChI is InChI=1S/C21H18N4O2/c1-11-10-26-19-17(11)16(9-14-18(19)20(22)25-21(23)24-14)27-15-8-4-6-12-5-2-3-7-13(12)15/h2-9,11H,10H2,1H3,(H4,22,23,24,25). The Morgan fingerprint density at radius 1 is 1.04 bits per heavy atom. The highest BCUT2D eigenvalue weighted by atomic mass is 16.5. The minimum atomic E-state index is 0.127. The van der Waals surface area contributed by atoms with Crippen molar-refractivity contribution in [2.45, 2.75) is 12.8 Å². The van der Waals surface area contributed by atoms with E-state index in [0.29, 0.717) is 34.8 Å². The van der Waals surface area contributed by atoms with E-state index < -0.39 is 0 Å². The number of ether oxygens (including phenoxy) is 2. The van der Waals surface area contributed by atoms with Crippen LogP contribution in [0.4, 0.5) is 11.8 Å². The molecule has 2 heterocycles. The molecular weight excluding hydrogens is 340 g/mol. The molecule has 6 heteroatoms. The van der Waals surface area contributed by atoms with Gasteiger partial charge in [-0.15, -0.1) is 0 Å². The summed E-state index contributed by atoms with van der Waals surface area (Å²) in [6.45, 7) is 2.66. The molecule has 1 aliphatic heterocycles.